The molecule has 0 aliphatic carbocycles. The normalized spacial score (nSPS) is 20.6. The third-order valence-electron chi connectivity index (χ3n) is 6.85. The van der Waals surface area contributed by atoms with Gasteiger partial charge in [-0.1, -0.05) is 60.7 Å². The van der Waals surface area contributed by atoms with Crippen LogP contribution in [0.25, 0.3) is 6.08 Å². The number of hydrogen-bond acceptors (Lipinski definition) is 3. The van der Waals surface area contributed by atoms with Crippen molar-refractivity contribution in [2.45, 2.75) is 38.1 Å². The van der Waals surface area contributed by atoms with Crippen LogP contribution >= 0.6 is 0 Å². The van der Waals surface area contributed by atoms with Gasteiger partial charge < -0.3 is 20.0 Å². The minimum absolute atomic E-state index is 0.00324. The van der Waals surface area contributed by atoms with E-state index in [1.54, 1.807) is 6.08 Å². The van der Waals surface area contributed by atoms with Gasteiger partial charge in [-0.15, -0.1) is 0 Å². The SMILES string of the molecule is O=C1C[C@@H](c2ccccc2)N2CCCN(CCCCN(C(=O)/C=C/c3ccccc3)CCCN1)C2=O. The molecule has 2 bridgehead atoms. The van der Waals surface area contributed by atoms with Crippen molar-refractivity contribution in [2.24, 2.45) is 0 Å². The zero-order chi connectivity index (χ0) is 25.2. The quantitative estimate of drug-likeness (QED) is 0.662. The number of hydrogen-bond donors (Lipinski definition) is 1. The first-order chi connectivity index (χ1) is 17.6. The number of carbonyl (C=O) groups is 3. The van der Waals surface area contributed by atoms with Gasteiger partial charge in [-0.05, 0) is 42.9 Å². The first-order valence-corrected chi connectivity index (χ1v) is 13.0. The Bertz CT molecular complexity index is 1040. The van der Waals surface area contributed by atoms with Crippen LogP contribution in [0.2, 0.25) is 0 Å². The lowest BCUT2D eigenvalue weighted by molar-refractivity contribution is -0.126. The summed E-state index contributed by atoms with van der Waals surface area (Å²) in [5.74, 6) is -0.107. The van der Waals surface area contributed by atoms with Gasteiger partial charge in [-0.3, -0.25) is 9.59 Å². The Hall–Kier alpha value is -3.61. The molecule has 7 nitrogen and oxygen atoms in total. The number of benzene rings is 2. The third kappa shape index (κ3) is 6.97. The summed E-state index contributed by atoms with van der Waals surface area (Å²) >= 11 is 0. The van der Waals surface area contributed by atoms with Gasteiger partial charge >= 0.3 is 6.03 Å². The smallest absolute Gasteiger partial charge is 0.320 e. The van der Waals surface area contributed by atoms with Gasteiger partial charge in [-0.2, -0.15) is 0 Å². The summed E-state index contributed by atoms with van der Waals surface area (Å²) in [4.78, 5) is 44.8. The van der Waals surface area contributed by atoms with Crippen molar-refractivity contribution in [2.75, 3.05) is 39.3 Å². The van der Waals surface area contributed by atoms with E-state index in [1.807, 2.05) is 81.4 Å². The minimum Gasteiger partial charge on any atom is -0.356 e. The highest BCUT2D eigenvalue weighted by Crippen LogP contribution is 2.28. The maximum Gasteiger partial charge on any atom is 0.320 e. The van der Waals surface area contributed by atoms with Gasteiger partial charge in [-0.25, -0.2) is 4.79 Å². The average molecular weight is 489 g/mol. The molecule has 4 rings (SSSR count). The van der Waals surface area contributed by atoms with Crippen molar-refractivity contribution in [3.05, 3.63) is 77.9 Å². The van der Waals surface area contributed by atoms with Crippen molar-refractivity contribution < 1.29 is 14.4 Å². The molecular weight excluding hydrogens is 452 g/mol. The summed E-state index contributed by atoms with van der Waals surface area (Å²) in [5.41, 5.74) is 1.96. The minimum atomic E-state index is -0.284. The molecule has 0 unspecified atom stereocenters. The molecular formula is C29H36N4O3. The monoisotopic (exact) mass is 488 g/mol. The van der Waals surface area contributed by atoms with Gasteiger partial charge in [0.2, 0.25) is 11.8 Å². The van der Waals surface area contributed by atoms with E-state index in [1.165, 1.54) is 0 Å². The molecule has 0 saturated carbocycles. The molecule has 2 aliphatic heterocycles. The van der Waals surface area contributed by atoms with Gasteiger partial charge in [0, 0.05) is 45.3 Å². The van der Waals surface area contributed by atoms with E-state index >= 15 is 0 Å². The lowest BCUT2D eigenvalue weighted by Gasteiger charge is -2.40. The summed E-state index contributed by atoms with van der Waals surface area (Å²) in [7, 11) is 0. The molecule has 0 aromatic heterocycles. The average Bonchev–Trinajstić information content (AvgIpc) is 2.91. The van der Waals surface area contributed by atoms with E-state index in [-0.39, 0.29) is 30.3 Å². The van der Waals surface area contributed by atoms with Gasteiger partial charge in [0.05, 0.1) is 12.5 Å². The Morgan fingerprint density at radius 3 is 2.25 bits per heavy atom. The van der Waals surface area contributed by atoms with E-state index < -0.39 is 0 Å². The number of amides is 4. The Balaban J connectivity index is 1.46. The summed E-state index contributed by atoms with van der Waals surface area (Å²) in [6, 6.07) is 19.3. The molecule has 1 atom stereocenters. The largest absolute Gasteiger partial charge is 0.356 e. The molecule has 190 valence electrons. The number of nitrogens with zero attached hydrogens (tertiary/aromatic N) is 3. The van der Waals surface area contributed by atoms with Crippen LogP contribution in [0, 0.1) is 0 Å². The molecule has 4 amide bonds. The lowest BCUT2D eigenvalue weighted by atomic mass is 10.0. The highest BCUT2D eigenvalue weighted by Gasteiger charge is 2.33. The standard InChI is InChI=1S/C29H36N4O3/c34-27-23-26(25-13-5-2-6-14-25)33-22-10-21-32(29(33)36)19-8-7-18-31(20-9-17-30-27)28(35)16-15-24-11-3-1-4-12-24/h1-6,11-16,26H,7-10,17-23H2,(H,30,34)/b16-15+/t26-/m0/s1. The fourth-order valence-corrected chi connectivity index (χ4v) is 4.90. The van der Waals surface area contributed by atoms with Crippen LogP contribution in [0.3, 0.4) is 0 Å². The van der Waals surface area contributed by atoms with E-state index in [2.05, 4.69) is 5.32 Å². The van der Waals surface area contributed by atoms with Crippen molar-refractivity contribution in [1.82, 2.24) is 20.0 Å². The second-order valence-corrected chi connectivity index (χ2v) is 9.43. The summed E-state index contributed by atoms with van der Waals surface area (Å²) in [6.45, 7) is 3.74. The van der Waals surface area contributed by atoms with Gasteiger partial charge in [0.15, 0.2) is 0 Å². The zero-order valence-corrected chi connectivity index (χ0v) is 20.9. The highest BCUT2D eigenvalue weighted by molar-refractivity contribution is 5.91. The van der Waals surface area contributed by atoms with Crippen molar-refractivity contribution in [3.8, 4) is 0 Å². The molecule has 2 fully saturated rings. The Morgan fingerprint density at radius 2 is 1.47 bits per heavy atom. The van der Waals surface area contributed by atoms with Crippen LogP contribution in [-0.2, 0) is 9.59 Å². The van der Waals surface area contributed by atoms with Gasteiger partial charge in [0.1, 0.15) is 0 Å². The number of rotatable bonds is 3. The third-order valence-corrected chi connectivity index (χ3v) is 6.85. The number of urea groups is 1. The van der Waals surface area contributed by atoms with Gasteiger partial charge in [0.25, 0.3) is 0 Å². The fourth-order valence-electron chi connectivity index (χ4n) is 4.90. The van der Waals surface area contributed by atoms with E-state index in [9.17, 15) is 14.4 Å². The predicted octanol–water partition coefficient (Wildman–Crippen LogP) is 4.09. The molecule has 2 saturated heterocycles. The fraction of sp³-hybridized carbons (Fsp3) is 0.414. The summed E-state index contributed by atoms with van der Waals surface area (Å²) in [6.07, 6.45) is 6.91. The molecule has 36 heavy (non-hydrogen) atoms. The second kappa shape index (κ2) is 12.9. The molecule has 0 spiro atoms. The Morgan fingerprint density at radius 1 is 0.806 bits per heavy atom. The molecule has 2 aliphatic rings. The number of nitrogens with one attached hydrogen (secondary N) is 1. The first kappa shape index (κ1) is 25.5. The maximum absolute atomic E-state index is 13.4. The second-order valence-electron chi connectivity index (χ2n) is 9.43. The van der Waals surface area contributed by atoms with Crippen LogP contribution in [-0.4, -0.2) is 71.8 Å². The summed E-state index contributed by atoms with van der Waals surface area (Å²) in [5, 5.41) is 3.01. The zero-order valence-electron chi connectivity index (χ0n) is 20.9. The van der Waals surface area contributed by atoms with Crippen molar-refractivity contribution in [1.29, 1.82) is 0 Å². The predicted molar refractivity (Wildman–Crippen MR) is 141 cm³/mol. The Labute approximate surface area is 213 Å². The molecule has 0 radical (unpaired) electrons. The van der Waals surface area contributed by atoms with Crippen LogP contribution in [0.4, 0.5) is 4.79 Å². The first-order valence-electron chi connectivity index (χ1n) is 13.0. The van der Waals surface area contributed by atoms with Crippen LogP contribution in [0.15, 0.2) is 66.7 Å². The lowest BCUT2D eigenvalue weighted by Crippen LogP contribution is -2.51. The van der Waals surface area contributed by atoms with Crippen molar-refractivity contribution in [3.63, 3.8) is 0 Å². The van der Waals surface area contributed by atoms with E-state index in [0.29, 0.717) is 39.1 Å². The topological polar surface area (TPSA) is 73.0 Å². The molecule has 7 heteroatoms. The van der Waals surface area contributed by atoms with Crippen molar-refractivity contribution >= 4 is 23.9 Å². The molecule has 2 aromatic rings. The van der Waals surface area contributed by atoms with Crippen LogP contribution in [0.1, 0.15) is 49.3 Å². The van der Waals surface area contributed by atoms with Crippen LogP contribution in [0.5, 0.6) is 0 Å². The maximum atomic E-state index is 13.4. The molecule has 2 aromatic carbocycles. The molecule has 1 N–H and O–H groups in total. The van der Waals surface area contributed by atoms with Crippen LogP contribution < -0.4 is 5.32 Å². The number of carbonyl (C=O) groups excluding carboxylic acids is 3. The molecule has 2 heterocycles. The Kier molecular flexibility index (Phi) is 9.14. The summed E-state index contributed by atoms with van der Waals surface area (Å²) < 4.78 is 0. The van der Waals surface area contributed by atoms with E-state index in [0.717, 1.165) is 36.9 Å². The number of fused-ring (bicyclic) bond motifs is 2. The highest BCUT2D eigenvalue weighted by atomic mass is 16.2. The van der Waals surface area contributed by atoms with E-state index in [4.69, 9.17) is 0 Å².